The van der Waals surface area contributed by atoms with Gasteiger partial charge >= 0.3 is 5.97 Å². The molecule has 1 N–H and O–H groups in total. The van der Waals surface area contributed by atoms with E-state index in [-0.39, 0.29) is 11.1 Å². The van der Waals surface area contributed by atoms with Crippen molar-refractivity contribution in [2.24, 2.45) is 0 Å². The van der Waals surface area contributed by atoms with Crippen LogP contribution in [0, 0.1) is 13.8 Å². The number of carbonyl (C=O) groups is 1. The molecule has 5 nitrogen and oxygen atoms in total. The molecule has 0 radical (unpaired) electrons. The van der Waals surface area contributed by atoms with Gasteiger partial charge in [-0.2, -0.15) is 0 Å². The molecule has 0 aliphatic carbocycles. The van der Waals surface area contributed by atoms with Crippen molar-refractivity contribution in [3.8, 4) is 5.75 Å². The number of pyridine rings is 1. The minimum atomic E-state index is -0.955. The summed E-state index contributed by atoms with van der Waals surface area (Å²) in [5, 5.41) is 9.00. The van der Waals surface area contributed by atoms with Crippen molar-refractivity contribution in [3.05, 3.63) is 63.6 Å². The molecule has 0 saturated heterocycles. The van der Waals surface area contributed by atoms with Crippen LogP contribution in [0.15, 0.2) is 41.3 Å². The molecule has 0 atom stereocenters. The van der Waals surface area contributed by atoms with Crippen LogP contribution >= 0.6 is 0 Å². The summed E-state index contributed by atoms with van der Waals surface area (Å²) in [7, 11) is 0. The Hall–Kier alpha value is -2.56. The van der Waals surface area contributed by atoms with Crippen molar-refractivity contribution in [1.82, 2.24) is 4.57 Å². The highest BCUT2D eigenvalue weighted by atomic mass is 16.5. The summed E-state index contributed by atoms with van der Waals surface area (Å²) in [4.78, 5) is 22.5. The van der Waals surface area contributed by atoms with E-state index in [1.54, 1.807) is 35.0 Å². The Kier molecular flexibility index (Phi) is 4.42. The lowest BCUT2D eigenvalue weighted by atomic mass is 10.1. The van der Waals surface area contributed by atoms with Gasteiger partial charge in [0.1, 0.15) is 12.4 Å². The topological polar surface area (TPSA) is 68.5 Å². The van der Waals surface area contributed by atoms with Crippen molar-refractivity contribution in [2.45, 2.75) is 20.4 Å². The molecule has 1 heterocycles. The van der Waals surface area contributed by atoms with E-state index in [9.17, 15) is 9.59 Å². The minimum Gasteiger partial charge on any atom is -0.491 e. The fourth-order valence-electron chi connectivity index (χ4n) is 2.19. The summed E-state index contributed by atoms with van der Waals surface area (Å²) < 4.78 is 7.27. The summed E-state index contributed by atoms with van der Waals surface area (Å²) >= 11 is 0. The smallest absolute Gasteiger partial charge is 0.335 e. The summed E-state index contributed by atoms with van der Waals surface area (Å²) in [6.07, 6.45) is 1.71. The number of carboxylic acid groups (broad SMARTS) is 1. The van der Waals surface area contributed by atoms with Crippen molar-refractivity contribution in [3.63, 3.8) is 0 Å². The van der Waals surface area contributed by atoms with Gasteiger partial charge < -0.3 is 14.4 Å². The molecule has 5 heteroatoms. The third-order valence-corrected chi connectivity index (χ3v) is 3.18. The zero-order valence-corrected chi connectivity index (χ0v) is 12.0. The van der Waals surface area contributed by atoms with Gasteiger partial charge in [-0.3, -0.25) is 4.79 Å². The van der Waals surface area contributed by atoms with Crippen molar-refractivity contribution >= 4 is 5.97 Å². The molecule has 0 bridgehead atoms. The van der Waals surface area contributed by atoms with E-state index in [0.29, 0.717) is 18.9 Å². The molecule has 2 rings (SSSR count). The van der Waals surface area contributed by atoms with Crippen LogP contribution in [0.1, 0.15) is 21.5 Å². The van der Waals surface area contributed by atoms with Crippen LogP contribution in [0.3, 0.4) is 0 Å². The number of aromatic nitrogens is 1. The van der Waals surface area contributed by atoms with Crippen LogP contribution in [-0.4, -0.2) is 22.2 Å². The van der Waals surface area contributed by atoms with Crippen molar-refractivity contribution in [2.75, 3.05) is 6.61 Å². The predicted octanol–water partition coefficient (Wildman–Crippen LogP) is 2.24. The second-order valence-corrected chi connectivity index (χ2v) is 4.83. The lowest BCUT2D eigenvalue weighted by molar-refractivity contribution is 0.0696. The zero-order valence-electron chi connectivity index (χ0n) is 12.0. The second kappa shape index (κ2) is 6.26. The van der Waals surface area contributed by atoms with Gasteiger partial charge in [0.05, 0.1) is 12.1 Å². The summed E-state index contributed by atoms with van der Waals surface area (Å²) in [5.41, 5.74) is 1.72. The van der Waals surface area contributed by atoms with E-state index in [4.69, 9.17) is 9.84 Å². The normalized spacial score (nSPS) is 10.4. The lowest BCUT2D eigenvalue weighted by Crippen LogP contribution is -2.21. The molecule has 0 aliphatic rings. The first kappa shape index (κ1) is 14.8. The first-order valence-corrected chi connectivity index (χ1v) is 6.62. The molecule has 0 amide bonds. The first-order valence-electron chi connectivity index (χ1n) is 6.62. The molecule has 2 aromatic rings. The van der Waals surface area contributed by atoms with Crippen LogP contribution in [0.4, 0.5) is 0 Å². The van der Waals surface area contributed by atoms with Crippen LogP contribution in [0.25, 0.3) is 0 Å². The van der Waals surface area contributed by atoms with Crippen LogP contribution in [0.2, 0.25) is 0 Å². The molecule has 0 aliphatic heterocycles. The van der Waals surface area contributed by atoms with Gasteiger partial charge in [0.25, 0.3) is 5.56 Å². The van der Waals surface area contributed by atoms with E-state index >= 15 is 0 Å². The molecular formula is C16H17NO4. The number of hydrogen-bond acceptors (Lipinski definition) is 3. The van der Waals surface area contributed by atoms with Crippen molar-refractivity contribution in [1.29, 1.82) is 0 Å². The molecule has 0 fully saturated rings. The third-order valence-electron chi connectivity index (χ3n) is 3.18. The number of nitrogens with zero attached hydrogens (tertiary/aromatic N) is 1. The zero-order chi connectivity index (χ0) is 15.4. The lowest BCUT2D eigenvalue weighted by Gasteiger charge is -2.13. The van der Waals surface area contributed by atoms with E-state index in [1.165, 1.54) is 6.07 Å². The molecule has 0 unspecified atom stereocenters. The van der Waals surface area contributed by atoms with Gasteiger partial charge in [0.15, 0.2) is 0 Å². The number of aromatic carboxylic acids is 1. The Morgan fingerprint density at radius 1 is 1.24 bits per heavy atom. The maximum Gasteiger partial charge on any atom is 0.335 e. The minimum absolute atomic E-state index is 0.0734. The average Bonchev–Trinajstić information content (AvgIpc) is 2.43. The fourth-order valence-corrected chi connectivity index (χ4v) is 2.19. The maximum atomic E-state index is 11.6. The average molecular weight is 287 g/mol. The molecule has 0 spiro atoms. The second-order valence-electron chi connectivity index (χ2n) is 4.83. The highest BCUT2D eigenvalue weighted by Gasteiger charge is 2.10. The van der Waals surface area contributed by atoms with Gasteiger partial charge in [-0.25, -0.2) is 4.79 Å². The number of rotatable bonds is 5. The Bertz CT molecular complexity index is 695. The Morgan fingerprint density at radius 2 is 1.90 bits per heavy atom. The SMILES string of the molecule is Cc1cc(C(=O)O)cc(C)c1OCCn1ccccc1=O. The molecule has 0 saturated carbocycles. The van der Waals surface area contributed by atoms with Crippen molar-refractivity contribution < 1.29 is 14.6 Å². The number of aryl methyl sites for hydroxylation is 2. The third kappa shape index (κ3) is 3.51. The fraction of sp³-hybridized carbons (Fsp3) is 0.250. The van der Waals surface area contributed by atoms with E-state index in [0.717, 1.165) is 11.1 Å². The highest BCUT2D eigenvalue weighted by molar-refractivity contribution is 5.88. The number of carboxylic acids is 1. The maximum absolute atomic E-state index is 11.6. The molecular weight excluding hydrogens is 270 g/mol. The Labute approximate surface area is 122 Å². The summed E-state index contributed by atoms with van der Waals surface area (Å²) in [6.45, 7) is 4.41. The summed E-state index contributed by atoms with van der Waals surface area (Å²) in [5.74, 6) is -0.285. The monoisotopic (exact) mass is 287 g/mol. The largest absolute Gasteiger partial charge is 0.491 e. The summed E-state index contributed by atoms with van der Waals surface area (Å²) in [6, 6.07) is 8.15. The predicted molar refractivity (Wildman–Crippen MR) is 79.1 cm³/mol. The molecule has 21 heavy (non-hydrogen) atoms. The standard InChI is InChI=1S/C16H17NO4/c1-11-9-13(16(19)20)10-12(2)15(11)21-8-7-17-6-4-3-5-14(17)18/h3-6,9-10H,7-8H2,1-2H3,(H,19,20). The number of ether oxygens (including phenoxy) is 1. The van der Waals surface area contributed by atoms with Crippen LogP contribution < -0.4 is 10.3 Å². The quantitative estimate of drug-likeness (QED) is 0.915. The van der Waals surface area contributed by atoms with E-state index in [2.05, 4.69) is 0 Å². The van der Waals surface area contributed by atoms with Gasteiger partial charge in [0, 0.05) is 12.3 Å². The van der Waals surface area contributed by atoms with Gasteiger partial charge in [-0.05, 0) is 43.2 Å². The van der Waals surface area contributed by atoms with Gasteiger partial charge in [0.2, 0.25) is 0 Å². The van der Waals surface area contributed by atoms with Crippen LogP contribution in [-0.2, 0) is 6.54 Å². The highest BCUT2D eigenvalue weighted by Crippen LogP contribution is 2.24. The van der Waals surface area contributed by atoms with E-state index < -0.39 is 5.97 Å². The van der Waals surface area contributed by atoms with Gasteiger partial charge in [-0.1, -0.05) is 6.07 Å². The Morgan fingerprint density at radius 3 is 2.48 bits per heavy atom. The Balaban J connectivity index is 2.09. The van der Waals surface area contributed by atoms with Crippen LogP contribution in [0.5, 0.6) is 5.75 Å². The first-order chi connectivity index (χ1) is 9.99. The number of benzene rings is 1. The molecule has 1 aromatic heterocycles. The van der Waals surface area contributed by atoms with Gasteiger partial charge in [-0.15, -0.1) is 0 Å². The number of hydrogen-bond donors (Lipinski definition) is 1. The molecule has 1 aromatic carbocycles. The van der Waals surface area contributed by atoms with E-state index in [1.807, 2.05) is 13.8 Å². The molecule has 110 valence electrons.